The molecule has 0 bridgehead atoms. The lowest BCUT2D eigenvalue weighted by Gasteiger charge is -2.21. The molecule has 0 aromatic rings. The summed E-state index contributed by atoms with van der Waals surface area (Å²) in [5.74, 6) is 0.761. The molecule has 0 aromatic heterocycles. The second kappa shape index (κ2) is 4.46. The summed E-state index contributed by atoms with van der Waals surface area (Å²) in [6.45, 7) is 5.11. The predicted molar refractivity (Wildman–Crippen MR) is 53.9 cm³/mol. The molecule has 0 aromatic carbocycles. The Morgan fingerprint density at radius 3 is 3.00 bits per heavy atom. The second-order valence-electron chi connectivity index (χ2n) is 3.71. The van der Waals surface area contributed by atoms with Crippen molar-refractivity contribution in [1.82, 2.24) is 0 Å². The minimum atomic E-state index is 0.686. The van der Waals surface area contributed by atoms with Gasteiger partial charge in [0.25, 0.3) is 0 Å². The first kappa shape index (κ1) is 9.53. The van der Waals surface area contributed by atoms with Crippen molar-refractivity contribution in [3.63, 3.8) is 0 Å². The molecule has 0 amide bonds. The van der Waals surface area contributed by atoms with Gasteiger partial charge in [0.15, 0.2) is 0 Å². The first-order valence-corrected chi connectivity index (χ1v) is 4.76. The van der Waals surface area contributed by atoms with Crippen LogP contribution in [0.5, 0.6) is 0 Å². The largest absolute Gasteiger partial charge is 0.327 e. The third kappa shape index (κ3) is 2.49. The molecule has 0 spiro atoms. The van der Waals surface area contributed by atoms with Crippen LogP contribution in [-0.4, -0.2) is 6.54 Å². The van der Waals surface area contributed by atoms with Crippen LogP contribution in [0.3, 0.4) is 0 Å². The summed E-state index contributed by atoms with van der Waals surface area (Å²) < 4.78 is 0. The van der Waals surface area contributed by atoms with E-state index in [1.807, 2.05) is 0 Å². The van der Waals surface area contributed by atoms with Crippen LogP contribution in [0.4, 0.5) is 0 Å². The highest BCUT2D eigenvalue weighted by molar-refractivity contribution is 5.12. The lowest BCUT2D eigenvalue weighted by atomic mass is 9.85. The maximum Gasteiger partial charge on any atom is 0.0109 e. The van der Waals surface area contributed by atoms with Crippen molar-refractivity contribution in [2.24, 2.45) is 11.7 Å². The van der Waals surface area contributed by atoms with Crippen molar-refractivity contribution >= 4 is 0 Å². The highest BCUT2D eigenvalue weighted by Gasteiger charge is 2.13. The van der Waals surface area contributed by atoms with Crippen LogP contribution < -0.4 is 5.73 Å². The first-order chi connectivity index (χ1) is 5.74. The van der Waals surface area contributed by atoms with E-state index >= 15 is 0 Å². The highest BCUT2D eigenvalue weighted by atomic mass is 14.5. The van der Waals surface area contributed by atoms with Crippen LogP contribution in [0.2, 0.25) is 0 Å². The average molecular weight is 165 g/mol. The van der Waals surface area contributed by atoms with Gasteiger partial charge in [-0.3, -0.25) is 0 Å². The summed E-state index contributed by atoms with van der Waals surface area (Å²) in [7, 11) is 0. The Labute approximate surface area is 75.3 Å². The van der Waals surface area contributed by atoms with E-state index in [0.29, 0.717) is 6.54 Å². The van der Waals surface area contributed by atoms with Crippen LogP contribution in [0.25, 0.3) is 0 Å². The molecule has 68 valence electrons. The van der Waals surface area contributed by atoms with Gasteiger partial charge >= 0.3 is 0 Å². The fourth-order valence-corrected chi connectivity index (χ4v) is 1.73. The number of rotatable bonds is 2. The van der Waals surface area contributed by atoms with E-state index in [1.54, 1.807) is 5.57 Å². The number of allylic oxidation sites excluding steroid dienone is 3. The molecule has 0 radical (unpaired) electrons. The molecule has 0 aliphatic heterocycles. The third-order valence-electron chi connectivity index (χ3n) is 2.72. The molecule has 1 nitrogen and oxygen atoms in total. The minimum absolute atomic E-state index is 0.686. The molecule has 0 fully saturated rings. The maximum absolute atomic E-state index is 5.47. The van der Waals surface area contributed by atoms with Crippen molar-refractivity contribution in [2.45, 2.75) is 33.1 Å². The Balaban J connectivity index is 2.51. The van der Waals surface area contributed by atoms with Gasteiger partial charge in [-0.1, -0.05) is 23.3 Å². The van der Waals surface area contributed by atoms with Gasteiger partial charge in [0.05, 0.1) is 0 Å². The normalized spacial score (nSPS) is 25.4. The monoisotopic (exact) mass is 165 g/mol. The van der Waals surface area contributed by atoms with Crippen molar-refractivity contribution in [3.05, 3.63) is 23.3 Å². The van der Waals surface area contributed by atoms with E-state index in [0.717, 1.165) is 5.92 Å². The quantitative estimate of drug-likeness (QED) is 0.625. The Hall–Kier alpha value is -0.560. The number of nitrogens with two attached hydrogens (primary N) is 1. The Kier molecular flexibility index (Phi) is 3.54. The first-order valence-electron chi connectivity index (χ1n) is 4.76. The summed E-state index contributed by atoms with van der Waals surface area (Å²) in [5, 5.41) is 0. The van der Waals surface area contributed by atoms with Crippen LogP contribution in [-0.2, 0) is 0 Å². The molecular formula is C11H19N. The van der Waals surface area contributed by atoms with E-state index in [9.17, 15) is 0 Å². The van der Waals surface area contributed by atoms with E-state index < -0.39 is 0 Å². The average Bonchev–Trinajstić information content (AvgIpc) is 2.06. The Morgan fingerprint density at radius 1 is 1.75 bits per heavy atom. The SMILES string of the molecule is CC1=CCC(/C(C)=C\CN)CC1. The summed E-state index contributed by atoms with van der Waals surface area (Å²) in [5.41, 5.74) is 8.49. The van der Waals surface area contributed by atoms with Crippen LogP contribution in [0, 0.1) is 5.92 Å². The van der Waals surface area contributed by atoms with E-state index in [1.165, 1.54) is 24.8 Å². The Morgan fingerprint density at radius 2 is 2.50 bits per heavy atom. The fourth-order valence-electron chi connectivity index (χ4n) is 1.73. The van der Waals surface area contributed by atoms with Crippen molar-refractivity contribution in [1.29, 1.82) is 0 Å². The highest BCUT2D eigenvalue weighted by Crippen LogP contribution is 2.28. The molecule has 1 heteroatoms. The minimum Gasteiger partial charge on any atom is -0.327 e. The Bertz CT molecular complexity index is 201. The fraction of sp³-hybridized carbons (Fsp3) is 0.636. The van der Waals surface area contributed by atoms with Gasteiger partial charge in [-0.15, -0.1) is 0 Å². The number of hydrogen-bond donors (Lipinski definition) is 1. The topological polar surface area (TPSA) is 26.0 Å². The van der Waals surface area contributed by atoms with Gasteiger partial charge in [-0.25, -0.2) is 0 Å². The van der Waals surface area contributed by atoms with Gasteiger partial charge in [-0.2, -0.15) is 0 Å². The third-order valence-corrected chi connectivity index (χ3v) is 2.72. The zero-order chi connectivity index (χ0) is 8.97. The zero-order valence-corrected chi connectivity index (χ0v) is 8.14. The molecule has 1 atom stereocenters. The second-order valence-corrected chi connectivity index (χ2v) is 3.71. The maximum atomic E-state index is 5.47. The van der Waals surface area contributed by atoms with Crippen LogP contribution >= 0.6 is 0 Å². The standard InChI is InChI=1S/C11H19N/c1-9-3-5-11(6-4-9)10(2)7-8-12/h3,7,11H,4-6,8,12H2,1-2H3/b10-7-. The van der Waals surface area contributed by atoms with Crippen LogP contribution in [0.15, 0.2) is 23.3 Å². The van der Waals surface area contributed by atoms with Gasteiger partial charge in [-0.05, 0) is 39.0 Å². The molecule has 2 N–H and O–H groups in total. The molecule has 12 heavy (non-hydrogen) atoms. The lowest BCUT2D eigenvalue weighted by Crippen LogP contribution is -2.07. The molecule has 1 aliphatic rings. The molecule has 0 saturated carbocycles. The smallest absolute Gasteiger partial charge is 0.0109 e. The van der Waals surface area contributed by atoms with E-state index in [2.05, 4.69) is 26.0 Å². The summed E-state index contributed by atoms with van der Waals surface area (Å²) in [6.07, 6.45) is 8.31. The van der Waals surface area contributed by atoms with Gasteiger partial charge in [0, 0.05) is 6.54 Å². The predicted octanol–water partition coefficient (Wildman–Crippen LogP) is 2.64. The molecular weight excluding hydrogens is 146 g/mol. The summed E-state index contributed by atoms with van der Waals surface area (Å²) >= 11 is 0. The van der Waals surface area contributed by atoms with Crippen molar-refractivity contribution in [2.75, 3.05) is 6.54 Å². The molecule has 0 heterocycles. The summed E-state index contributed by atoms with van der Waals surface area (Å²) in [4.78, 5) is 0. The van der Waals surface area contributed by atoms with Crippen LogP contribution in [0.1, 0.15) is 33.1 Å². The van der Waals surface area contributed by atoms with E-state index in [4.69, 9.17) is 5.73 Å². The molecule has 0 saturated heterocycles. The van der Waals surface area contributed by atoms with Crippen molar-refractivity contribution < 1.29 is 0 Å². The number of hydrogen-bond acceptors (Lipinski definition) is 1. The molecule has 1 unspecified atom stereocenters. The van der Waals surface area contributed by atoms with Gasteiger partial charge in [0.2, 0.25) is 0 Å². The van der Waals surface area contributed by atoms with Gasteiger partial charge in [0.1, 0.15) is 0 Å². The summed E-state index contributed by atoms with van der Waals surface area (Å²) in [6, 6.07) is 0. The molecule has 1 rings (SSSR count). The van der Waals surface area contributed by atoms with Gasteiger partial charge < -0.3 is 5.73 Å². The molecule has 1 aliphatic carbocycles. The van der Waals surface area contributed by atoms with E-state index in [-0.39, 0.29) is 0 Å². The van der Waals surface area contributed by atoms with Crippen molar-refractivity contribution in [3.8, 4) is 0 Å². The zero-order valence-electron chi connectivity index (χ0n) is 8.14. The lowest BCUT2D eigenvalue weighted by molar-refractivity contribution is 0.537.